The minimum absolute atomic E-state index is 0.0589. The van der Waals surface area contributed by atoms with Gasteiger partial charge in [0.2, 0.25) is 5.91 Å². The summed E-state index contributed by atoms with van der Waals surface area (Å²) in [5.41, 5.74) is 1.58. The van der Waals surface area contributed by atoms with E-state index in [1.807, 2.05) is 60.7 Å². The average Bonchev–Trinajstić information content (AvgIpc) is 3.17. The zero-order valence-electron chi connectivity index (χ0n) is 16.0. The lowest BCUT2D eigenvalue weighted by atomic mass is 10.1. The van der Waals surface area contributed by atoms with Crippen LogP contribution < -0.4 is 10.6 Å². The van der Waals surface area contributed by atoms with Gasteiger partial charge in [0.1, 0.15) is 11.3 Å². The van der Waals surface area contributed by atoms with Crippen LogP contribution in [0.25, 0.3) is 17.0 Å². The van der Waals surface area contributed by atoms with Crippen molar-refractivity contribution < 1.29 is 14.0 Å². The number of urea groups is 1. The van der Waals surface area contributed by atoms with Crippen molar-refractivity contribution >= 4 is 34.7 Å². The molecule has 2 heterocycles. The summed E-state index contributed by atoms with van der Waals surface area (Å²) in [5, 5.41) is 6.91. The number of hydrogen-bond donors (Lipinski definition) is 2. The topological polar surface area (TPSA) is 74.6 Å². The molecule has 3 amide bonds. The number of hydrogen-bond acceptors (Lipinski definition) is 3. The molecule has 6 nitrogen and oxygen atoms in total. The van der Waals surface area contributed by atoms with Gasteiger partial charge in [-0.05, 0) is 43.2 Å². The maximum absolute atomic E-state index is 12.3. The first-order valence-electron chi connectivity index (χ1n) is 9.75. The van der Waals surface area contributed by atoms with Gasteiger partial charge in [-0.3, -0.25) is 4.79 Å². The Morgan fingerprint density at radius 2 is 1.72 bits per heavy atom. The van der Waals surface area contributed by atoms with Crippen LogP contribution in [0, 0.1) is 0 Å². The van der Waals surface area contributed by atoms with Gasteiger partial charge in [0, 0.05) is 36.3 Å². The second-order valence-electron chi connectivity index (χ2n) is 7.09. The molecule has 1 aliphatic heterocycles. The number of rotatable bonds is 4. The highest BCUT2D eigenvalue weighted by atomic mass is 16.3. The first-order valence-corrected chi connectivity index (χ1v) is 9.75. The van der Waals surface area contributed by atoms with Gasteiger partial charge in [0.25, 0.3) is 0 Å². The fourth-order valence-electron chi connectivity index (χ4n) is 3.44. The molecular weight excluding hydrogens is 366 g/mol. The van der Waals surface area contributed by atoms with Gasteiger partial charge in [-0.15, -0.1) is 0 Å². The molecular formula is C23H23N3O3. The number of likely N-dealkylation sites (tertiary alicyclic amines) is 1. The molecule has 4 rings (SSSR count). The van der Waals surface area contributed by atoms with Gasteiger partial charge >= 0.3 is 6.03 Å². The van der Waals surface area contributed by atoms with Gasteiger partial charge in [-0.2, -0.15) is 0 Å². The van der Waals surface area contributed by atoms with Crippen molar-refractivity contribution in [3.8, 4) is 0 Å². The average molecular weight is 389 g/mol. The minimum Gasteiger partial charge on any atom is -0.457 e. The predicted molar refractivity (Wildman–Crippen MR) is 113 cm³/mol. The number of para-hydroxylation sites is 2. The van der Waals surface area contributed by atoms with Crippen LogP contribution in [0.3, 0.4) is 0 Å². The van der Waals surface area contributed by atoms with E-state index in [0.717, 1.165) is 29.5 Å². The number of benzene rings is 2. The smallest absolute Gasteiger partial charge is 0.321 e. The largest absolute Gasteiger partial charge is 0.457 e. The van der Waals surface area contributed by atoms with Crippen LogP contribution >= 0.6 is 0 Å². The SMILES string of the molecule is O=C(/C=C/c1cc2ccccc2o1)NC1CCN(C(=O)Nc2ccccc2)CC1. The lowest BCUT2D eigenvalue weighted by Crippen LogP contribution is -2.47. The normalized spacial score (nSPS) is 15.0. The molecule has 148 valence electrons. The second-order valence-corrected chi connectivity index (χ2v) is 7.09. The number of nitrogens with one attached hydrogen (secondary N) is 2. The Balaban J connectivity index is 1.24. The van der Waals surface area contributed by atoms with E-state index in [0.29, 0.717) is 18.8 Å². The number of anilines is 1. The Morgan fingerprint density at radius 1 is 1.00 bits per heavy atom. The number of fused-ring (bicyclic) bond motifs is 1. The molecule has 0 spiro atoms. The molecule has 3 aromatic rings. The van der Waals surface area contributed by atoms with Crippen LogP contribution in [0.2, 0.25) is 0 Å². The van der Waals surface area contributed by atoms with Gasteiger partial charge in [-0.1, -0.05) is 36.4 Å². The molecule has 1 aromatic heterocycles. The first-order chi connectivity index (χ1) is 14.2. The maximum Gasteiger partial charge on any atom is 0.321 e. The van der Waals surface area contributed by atoms with Crippen LogP contribution in [-0.4, -0.2) is 36.0 Å². The predicted octanol–water partition coefficient (Wildman–Crippen LogP) is 4.26. The Kier molecular flexibility index (Phi) is 5.61. The highest BCUT2D eigenvalue weighted by molar-refractivity contribution is 5.92. The zero-order valence-corrected chi connectivity index (χ0v) is 16.0. The van der Waals surface area contributed by atoms with Crippen LogP contribution in [0.1, 0.15) is 18.6 Å². The van der Waals surface area contributed by atoms with Crippen molar-refractivity contribution in [2.45, 2.75) is 18.9 Å². The quantitative estimate of drug-likeness (QED) is 0.655. The number of carbonyl (C=O) groups excluding carboxylic acids is 2. The standard InChI is InChI=1S/C23H23N3O3/c27-22(11-10-20-16-17-6-4-5-9-21(17)29-20)24-19-12-14-26(15-13-19)23(28)25-18-7-2-1-3-8-18/h1-11,16,19H,12-15H2,(H,24,27)(H,25,28)/b11-10+. The molecule has 1 fully saturated rings. The number of nitrogens with zero attached hydrogens (tertiary/aromatic N) is 1. The Morgan fingerprint density at radius 3 is 2.48 bits per heavy atom. The Labute approximate surface area is 169 Å². The van der Waals surface area contributed by atoms with Gasteiger partial charge in [0.05, 0.1) is 0 Å². The summed E-state index contributed by atoms with van der Waals surface area (Å²) in [7, 11) is 0. The molecule has 6 heteroatoms. The second kappa shape index (κ2) is 8.65. The molecule has 0 radical (unpaired) electrons. The first kappa shape index (κ1) is 18.8. The van der Waals surface area contributed by atoms with Crippen molar-refractivity contribution in [1.29, 1.82) is 0 Å². The molecule has 0 bridgehead atoms. The number of amides is 3. The molecule has 1 aliphatic rings. The van der Waals surface area contributed by atoms with Crippen LogP contribution in [-0.2, 0) is 4.79 Å². The Hall–Kier alpha value is -3.54. The van der Waals surface area contributed by atoms with Crippen molar-refractivity contribution in [3.05, 3.63) is 72.5 Å². The summed E-state index contributed by atoms with van der Waals surface area (Å²) in [6.07, 6.45) is 4.63. The van der Waals surface area contributed by atoms with Crippen LogP contribution in [0.4, 0.5) is 10.5 Å². The minimum atomic E-state index is -0.155. The van der Waals surface area contributed by atoms with E-state index in [1.165, 1.54) is 6.08 Å². The summed E-state index contributed by atoms with van der Waals surface area (Å²) in [4.78, 5) is 26.3. The summed E-state index contributed by atoms with van der Waals surface area (Å²) in [6, 6.07) is 19.0. The summed E-state index contributed by atoms with van der Waals surface area (Å²) in [5.74, 6) is 0.492. The van der Waals surface area contributed by atoms with Crippen molar-refractivity contribution in [2.75, 3.05) is 18.4 Å². The highest BCUT2D eigenvalue weighted by Gasteiger charge is 2.23. The van der Waals surface area contributed by atoms with E-state index < -0.39 is 0 Å². The third kappa shape index (κ3) is 4.85. The van der Waals surface area contributed by atoms with Crippen LogP contribution in [0.5, 0.6) is 0 Å². The van der Waals surface area contributed by atoms with Gasteiger partial charge in [0.15, 0.2) is 0 Å². The van der Waals surface area contributed by atoms with Gasteiger partial charge < -0.3 is 20.0 Å². The van der Waals surface area contributed by atoms with Crippen LogP contribution in [0.15, 0.2) is 71.2 Å². The van der Waals surface area contributed by atoms with E-state index in [9.17, 15) is 9.59 Å². The molecule has 1 saturated heterocycles. The van der Waals surface area contributed by atoms with E-state index in [-0.39, 0.29) is 18.0 Å². The molecule has 0 aliphatic carbocycles. The van der Waals surface area contributed by atoms with Crippen molar-refractivity contribution in [2.24, 2.45) is 0 Å². The fraction of sp³-hybridized carbons (Fsp3) is 0.217. The summed E-state index contributed by atoms with van der Waals surface area (Å²) < 4.78 is 5.68. The van der Waals surface area contributed by atoms with E-state index in [1.54, 1.807) is 11.0 Å². The number of furan rings is 1. The third-order valence-corrected chi connectivity index (χ3v) is 5.00. The fourth-order valence-corrected chi connectivity index (χ4v) is 3.44. The molecule has 0 unspecified atom stereocenters. The molecule has 0 atom stereocenters. The molecule has 2 aromatic carbocycles. The van der Waals surface area contributed by atoms with E-state index >= 15 is 0 Å². The molecule has 2 N–H and O–H groups in total. The Bertz CT molecular complexity index is 985. The van der Waals surface area contributed by atoms with Crippen molar-refractivity contribution in [1.82, 2.24) is 10.2 Å². The van der Waals surface area contributed by atoms with Gasteiger partial charge in [-0.25, -0.2) is 4.79 Å². The number of piperidine rings is 1. The highest BCUT2D eigenvalue weighted by Crippen LogP contribution is 2.19. The van der Waals surface area contributed by atoms with E-state index in [2.05, 4.69) is 10.6 Å². The molecule has 0 saturated carbocycles. The lowest BCUT2D eigenvalue weighted by Gasteiger charge is -2.32. The number of carbonyl (C=O) groups is 2. The monoisotopic (exact) mass is 389 g/mol. The summed E-state index contributed by atoms with van der Waals surface area (Å²) in [6.45, 7) is 1.22. The zero-order chi connectivity index (χ0) is 20.1. The summed E-state index contributed by atoms with van der Waals surface area (Å²) >= 11 is 0. The lowest BCUT2D eigenvalue weighted by molar-refractivity contribution is -0.117. The van der Waals surface area contributed by atoms with E-state index in [4.69, 9.17) is 4.42 Å². The maximum atomic E-state index is 12.3. The van der Waals surface area contributed by atoms with Crippen molar-refractivity contribution in [3.63, 3.8) is 0 Å². The molecule has 29 heavy (non-hydrogen) atoms. The third-order valence-electron chi connectivity index (χ3n) is 5.00.